The first-order valence-corrected chi connectivity index (χ1v) is 6.90. The Balaban J connectivity index is 1.99. The molecule has 0 heterocycles. The quantitative estimate of drug-likeness (QED) is 0.340. The molecule has 0 atom stereocenters. The highest BCUT2D eigenvalue weighted by molar-refractivity contribution is 5.97. The first kappa shape index (κ1) is 14.4. The van der Waals surface area contributed by atoms with E-state index in [1.54, 1.807) is 6.07 Å². The van der Waals surface area contributed by atoms with Gasteiger partial charge in [-0.1, -0.05) is 43.1 Å². The first-order valence-electron chi connectivity index (χ1n) is 6.90. The molecule has 5 nitrogen and oxygen atoms in total. The topological polar surface area (TPSA) is 87.7 Å². The summed E-state index contributed by atoms with van der Waals surface area (Å²) in [6.45, 7) is 2.49. The molecule has 5 heteroatoms. The third-order valence-electron chi connectivity index (χ3n) is 4.04. The van der Waals surface area contributed by atoms with Crippen molar-refractivity contribution in [2.75, 3.05) is 0 Å². The van der Waals surface area contributed by atoms with E-state index >= 15 is 0 Å². The van der Waals surface area contributed by atoms with E-state index in [1.807, 2.05) is 25.1 Å². The maximum atomic E-state index is 12.2. The third-order valence-corrected chi connectivity index (χ3v) is 4.04. The summed E-state index contributed by atoms with van der Waals surface area (Å²) < 4.78 is 0. The zero-order valence-corrected chi connectivity index (χ0v) is 11.7. The second kappa shape index (κ2) is 5.94. The normalized spacial score (nSPS) is 17.9. The number of hydrogen-bond acceptors (Lipinski definition) is 3. The predicted molar refractivity (Wildman–Crippen MR) is 77.4 cm³/mol. The van der Waals surface area contributed by atoms with E-state index < -0.39 is 0 Å². The second-order valence-corrected chi connectivity index (χ2v) is 5.64. The number of nitrogens with one attached hydrogen (secondary N) is 1. The van der Waals surface area contributed by atoms with E-state index in [1.165, 1.54) is 0 Å². The van der Waals surface area contributed by atoms with Crippen LogP contribution in [0.2, 0.25) is 0 Å². The van der Waals surface area contributed by atoms with Crippen molar-refractivity contribution < 1.29 is 10.0 Å². The average molecular weight is 275 g/mol. The van der Waals surface area contributed by atoms with Crippen LogP contribution in [0.1, 0.15) is 43.7 Å². The Bertz CT molecular complexity index is 520. The first-order chi connectivity index (χ1) is 9.55. The van der Waals surface area contributed by atoms with Crippen molar-refractivity contribution in [3.63, 3.8) is 0 Å². The van der Waals surface area contributed by atoms with Crippen molar-refractivity contribution in [2.24, 2.45) is 16.3 Å². The lowest BCUT2D eigenvalue weighted by molar-refractivity contribution is -0.130. The molecule has 1 fully saturated rings. The number of hydrogen-bond donors (Lipinski definition) is 3. The monoisotopic (exact) mass is 275 g/mol. The number of rotatable bonds is 4. The molecule has 0 aliphatic heterocycles. The molecule has 20 heavy (non-hydrogen) atoms. The number of amides is 1. The summed E-state index contributed by atoms with van der Waals surface area (Å²) in [5.41, 5.74) is 6.91. The lowest BCUT2D eigenvalue weighted by Gasteiger charge is -2.22. The maximum absolute atomic E-state index is 12.2. The van der Waals surface area contributed by atoms with Gasteiger partial charge in [-0.05, 0) is 24.5 Å². The van der Waals surface area contributed by atoms with Gasteiger partial charge in [-0.3, -0.25) is 4.79 Å². The van der Waals surface area contributed by atoms with Crippen molar-refractivity contribution in [3.8, 4) is 0 Å². The maximum Gasteiger partial charge on any atom is 0.226 e. The van der Waals surface area contributed by atoms with Crippen molar-refractivity contribution in [1.29, 1.82) is 0 Å². The average Bonchev–Trinajstić information content (AvgIpc) is 2.92. The molecule has 4 N–H and O–H groups in total. The fourth-order valence-electron chi connectivity index (χ4n) is 2.68. The molecule has 0 aromatic heterocycles. The van der Waals surface area contributed by atoms with E-state index in [4.69, 9.17) is 10.9 Å². The van der Waals surface area contributed by atoms with E-state index in [9.17, 15) is 4.79 Å². The van der Waals surface area contributed by atoms with Gasteiger partial charge in [-0.2, -0.15) is 0 Å². The van der Waals surface area contributed by atoms with Crippen LogP contribution >= 0.6 is 0 Å². The number of amidine groups is 1. The van der Waals surface area contributed by atoms with Crippen molar-refractivity contribution in [2.45, 2.75) is 39.2 Å². The molecule has 0 spiro atoms. The standard InChI is InChI=1S/C15H21N3O2/c1-15(7-2-3-8-15)14(19)17-10-11-5-4-6-12(9-11)13(16)18-20/h4-6,9,20H,2-3,7-8,10H2,1H3,(H2,16,18)(H,17,19). The number of nitrogens with zero attached hydrogens (tertiary/aromatic N) is 1. The summed E-state index contributed by atoms with van der Waals surface area (Å²) in [6.07, 6.45) is 4.18. The van der Waals surface area contributed by atoms with Crippen molar-refractivity contribution in [3.05, 3.63) is 35.4 Å². The highest BCUT2D eigenvalue weighted by atomic mass is 16.4. The van der Waals surface area contributed by atoms with Gasteiger partial charge in [0.05, 0.1) is 0 Å². The number of nitrogens with two attached hydrogens (primary N) is 1. The molecule has 1 saturated carbocycles. The minimum atomic E-state index is -0.219. The van der Waals surface area contributed by atoms with E-state index in [2.05, 4.69) is 10.5 Å². The Labute approximate surface area is 118 Å². The molecule has 2 rings (SSSR count). The highest BCUT2D eigenvalue weighted by Gasteiger charge is 2.35. The van der Waals surface area contributed by atoms with Gasteiger partial charge >= 0.3 is 0 Å². The Morgan fingerprint density at radius 1 is 1.45 bits per heavy atom. The number of benzene rings is 1. The van der Waals surface area contributed by atoms with Gasteiger partial charge < -0.3 is 16.3 Å². The number of carbonyl (C=O) groups is 1. The molecule has 0 radical (unpaired) electrons. The molecule has 1 aliphatic carbocycles. The smallest absolute Gasteiger partial charge is 0.226 e. The Kier molecular flexibility index (Phi) is 4.27. The number of carbonyl (C=O) groups excluding carboxylic acids is 1. The highest BCUT2D eigenvalue weighted by Crippen LogP contribution is 2.37. The van der Waals surface area contributed by atoms with E-state index in [0.717, 1.165) is 31.2 Å². The largest absolute Gasteiger partial charge is 0.409 e. The Morgan fingerprint density at radius 3 is 2.80 bits per heavy atom. The minimum absolute atomic E-state index is 0.0703. The molecule has 108 valence electrons. The summed E-state index contributed by atoms with van der Waals surface area (Å²) in [6, 6.07) is 7.31. The van der Waals surface area contributed by atoms with Crippen LogP contribution in [0, 0.1) is 5.41 Å². The van der Waals surface area contributed by atoms with Gasteiger partial charge in [0.15, 0.2) is 5.84 Å². The molecule has 1 amide bonds. The van der Waals surface area contributed by atoms with Gasteiger partial charge in [0.2, 0.25) is 5.91 Å². The fraction of sp³-hybridized carbons (Fsp3) is 0.467. The van der Waals surface area contributed by atoms with Gasteiger partial charge in [-0.15, -0.1) is 0 Å². The fourth-order valence-corrected chi connectivity index (χ4v) is 2.68. The molecule has 0 unspecified atom stereocenters. The van der Waals surface area contributed by atoms with Crippen molar-refractivity contribution in [1.82, 2.24) is 5.32 Å². The van der Waals surface area contributed by atoms with Crippen LogP contribution in [0.15, 0.2) is 29.4 Å². The minimum Gasteiger partial charge on any atom is -0.409 e. The van der Waals surface area contributed by atoms with Crippen LogP contribution in [0.25, 0.3) is 0 Å². The Morgan fingerprint density at radius 2 is 2.15 bits per heavy atom. The SMILES string of the molecule is CC1(C(=O)NCc2cccc(/C(N)=N/O)c2)CCCC1. The van der Waals surface area contributed by atoms with Gasteiger partial charge in [0, 0.05) is 17.5 Å². The van der Waals surface area contributed by atoms with Crippen molar-refractivity contribution >= 4 is 11.7 Å². The van der Waals surface area contributed by atoms with Crippen LogP contribution in [0.4, 0.5) is 0 Å². The zero-order chi connectivity index (χ0) is 14.6. The lowest BCUT2D eigenvalue weighted by Crippen LogP contribution is -2.36. The van der Waals surface area contributed by atoms with Crippen LogP contribution in [0.3, 0.4) is 0 Å². The molecule has 0 saturated heterocycles. The molecule has 1 aliphatic rings. The van der Waals surface area contributed by atoms with Gasteiger partial charge in [0.25, 0.3) is 0 Å². The van der Waals surface area contributed by atoms with Gasteiger partial charge in [0.1, 0.15) is 0 Å². The van der Waals surface area contributed by atoms with Crippen LogP contribution in [-0.2, 0) is 11.3 Å². The van der Waals surface area contributed by atoms with Crippen LogP contribution in [-0.4, -0.2) is 17.0 Å². The number of oxime groups is 1. The summed E-state index contributed by atoms with van der Waals surface area (Å²) in [7, 11) is 0. The predicted octanol–water partition coefficient (Wildman–Crippen LogP) is 1.98. The third kappa shape index (κ3) is 3.10. The zero-order valence-electron chi connectivity index (χ0n) is 11.7. The molecular formula is C15H21N3O2. The van der Waals surface area contributed by atoms with E-state index in [-0.39, 0.29) is 17.2 Å². The lowest BCUT2D eigenvalue weighted by atomic mass is 9.88. The van der Waals surface area contributed by atoms with Crippen LogP contribution in [0.5, 0.6) is 0 Å². The summed E-state index contributed by atoms with van der Waals surface area (Å²) in [4.78, 5) is 12.2. The molecular weight excluding hydrogens is 254 g/mol. The van der Waals surface area contributed by atoms with Gasteiger partial charge in [-0.25, -0.2) is 0 Å². The van der Waals surface area contributed by atoms with Crippen LogP contribution < -0.4 is 11.1 Å². The Hall–Kier alpha value is -2.04. The molecule has 0 bridgehead atoms. The molecule has 1 aromatic carbocycles. The summed E-state index contributed by atoms with van der Waals surface area (Å²) in [5, 5.41) is 14.6. The second-order valence-electron chi connectivity index (χ2n) is 5.64. The molecule has 1 aromatic rings. The summed E-state index contributed by atoms with van der Waals surface area (Å²) in [5.74, 6) is 0.185. The summed E-state index contributed by atoms with van der Waals surface area (Å²) >= 11 is 0. The van der Waals surface area contributed by atoms with E-state index in [0.29, 0.717) is 12.1 Å².